The molecule has 0 aromatic heterocycles. The highest BCUT2D eigenvalue weighted by atomic mass is 16.5. The van der Waals surface area contributed by atoms with Crippen LogP contribution in [0.4, 0.5) is 5.69 Å². The number of hydrogen-bond acceptors (Lipinski definition) is 5. The monoisotopic (exact) mass is 372 g/mol. The van der Waals surface area contributed by atoms with Crippen LogP contribution in [0.25, 0.3) is 0 Å². The number of carbonyl (C=O) groups is 3. The Kier molecular flexibility index (Phi) is 4.16. The highest BCUT2D eigenvalue weighted by molar-refractivity contribution is 6.35. The maximum Gasteiger partial charge on any atom is 0.266 e. The normalized spacial score (nSPS) is 12.8. The van der Waals surface area contributed by atoms with Gasteiger partial charge in [0.05, 0.1) is 22.8 Å². The van der Waals surface area contributed by atoms with Crippen molar-refractivity contribution in [2.75, 3.05) is 4.90 Å². The first-order valence-electron chi connectivity index (χ1n) is 8.53. The van der Waals surface area contributed by atoms with Crippen LogP contribution in [0.2, 0.25) is 0 Å². The van der Waals surface area contributed by atoms with Crippen LogP contribution < -0.4 is 14.7 Å². The largest absolute Gasteiger partial charge is 0.545 e. The molecule has 6 nitrogen and oxygen atoms in total. The zero-order valence-corrected chi connectivity index (χ0v) is 14.8. The van der Waals surface area contributed by atoms with Gasteiger partial charge in [0.25, 0.3) is 11.8 Å². The number of rotatable bonds is 4. The molecule has 0 bridgehead atoms. The summed E-state index contributed by atoms with van der Waals surface area (Å²) in [6.07, 6.45) is 0. The number of fused-ring (bicyclic) bond motifs is 1. The van der Waals surface area contributed by atoms with Crippen molar-refractivity contribution in [1.82, 2.24) is 0 Å². The number of aromatic carboxylic acids is 1. The third-order valence-electron chi connectivity index (χ3n) is 4.48. The fourth-order valence-electron chi connectivity index (χ4n) is 3.09. The average Bonchev–Trinajstić information content (AvgIpc) is 2.93. The summed E-state index contributed by atoms with van der Waals surface area (Å²) in [5.41, 5.74) is 1.18. The highest BCUT2D eigenvalue weighted by Gasteiger charge is 2.38. The number of carboxylic acid groups (broad SMARTS) is 1. The summed E-state index contributed by atoms with van der Waals surface area (Å²) < 4.78 is 5.76. The van der Waals surface area contributed by atoms with E-state index in [1.165, 1.54) is 30.3 Å². The van der Waals surface area contributed by atoms with Crippen molar-refractivity contribution in [3.05, 3.63) is 89.0 Å². The van der Waals surface area contributed by atoms with Gasteiger partial charge >= 0.3 is 0 Å². The van der Waals surface area contributed by atoms with Gasteiger partial charge in [0.1, 0.15) is 11.5 Å². The number of aryl methyl sites for hydroxylation is 1. The predicted octanol–water partition coefficient (Wildman–Crippen LogP) is 2.95. The first-order valence-corrected chi connectivity index (χ1v) is 8.53. The lowest BCUT2D eigenvalue weighted by atomic mass is 10.1. The number of anilines is 1. The molecule has 1 heterocycles. The van der Waals surface area contributed by atoms with Crippen LogP contribution in [0.3, 0.4) is 0 Å². The van der Waals surface area contributed by atoms with Crippen molar-refractivity contribution >= 4 is 23.5 Å². The van der Waals surface area contributed by atoms with Crippen molar-refractivity contribution < 1.29 is 24.2 Å². The Bertz CT molecular complexity index is 1120. The van der Waals surface area contributed by atoms with Crippen LogP contribution in [0.5, 0.6) is 11.5 Å². The summed E-state index contributed by atoms with van der Waals surface area (Å²) >= 11 is 0. The first kappa shape index (κ1) is 17.5. The number of carboxylic acids is 1. The Labute approximate surface area is 160 Å². The molecule has 3 aromatic rings. The van der Waals surface area contributed by atoms with Gasteiger partial charge in [-0.1, -0.05) is 35.9 Å². The van der Waals surface area contributed by atoms with Gasteiger partial charge in [-0.3, -0.25) is 9.59 Å². The fourth-order valence-corrected chi connectivity index (χ4v) is 3.09. The van der Waals surface area contributed by atoms with Crippen molar-refractivity contribution in [3.63, 3.8) is 0 Å². The van der Waals surface area contributed by atoms with Gasteiger partial charge in [0.15, 0.2) is 0 Å². The maximum atomic E-state index is 12.9. The Morgan fingerprint density at radius 2 is 1.50 bits per heavy atom. The number of amides is 2. The van der Waals surface area contributed by atoms with Gasteiger partial charge in [0, 0.05) is 5.56 Å². The second-order valence-electron chi connectivity index (χ2n) is 6.37. The van der Waals surface area contributed by atoms with Crippen molar-refractivity contribution in [2.24, 2.45) is 0 Å². The van der Waals surface area contributed by atoms with Crippen LogP contribution in [-0.2, 0) is 0 Å². The summed E-state index contributed by atoms with van der Waals surface area (Å²) in [7, 11) is 0. The second-order valence-corrected chi connectivity index (χ2v) is 6.37. The van der Waals surface area contributed by atoms with Gasteiger partial charge in [-0.05, 0) is 43.3 Å². The molecule has 6 heteroatoms. The van der Waals surface area contributed by atoms with E-state index in [4.69, 9.17) is 4.74 Å². The molecule has 4 rings (SSSR count). The average molecular weight is 372 g/mol. The van der Waals surface area contributed by atoms with E-state index >= 15 is 0 Å². The predicted molar refractivity (Wildman–Crippen MR) is 99.6 cm³/mol. The van der Waals surface area contributed by atoms with Crippen molar-refractivity contribution in [1.29, 1.82) is 0 Å². The van der Waals surface area contributed by atoms with Gasteiger partial charge in [-0.25, -0.2) is 4.90 Å². The minimum Gasteiger partial charge on any atom is -0.545 e. The summed E-state index contributed by atoms with van der Waals surface area (Å²) in [4.78, 5) is 37.8. The molecule has 0 unspecified atom stereocenters. The van der Waals surface area contributed by atoms with Gasteiger partial charge in [-0.15, -0.1) is 0 Å². The van der Waals surface area contributed by atoms with Crippen molar-refractivity contribution in [3.8, 4) is 11.5 Å². The van der Waals surface area contributed by atoms with E-state index in [1.54, 1.807) is 24.3 Å². The topological polar surface area (TPSA) is 86.7 Å². The van der Waals surface area contributed by atoms with E-state index < -0.39 is 17.8 Å². The molecular weight excluding hydrogens is 358 g/mol. The molecule has 0 saturated carbocycles. The van der Waals surface area contributed by atoms with E-state index in [-0.39, 0.29) is 22.4 Å². The van der Waals surface area contributed by atoms with E-state index in [1.807, 2.05) is 19.1 Å². The van der Waals surface area contributed by atoms with Gasteiger partial charge in [0.2, 0.25) is 0 Å². The quantitative estimate of drug-likeness (QED) is 0.657. The fraction of sp³-hybridized carbons (Fsp3) is 0.0455. The van der Waals surface area contributed by atoms with Crippen LogP contribution in [0.15, 0.2) is 66.7 Å². The Hall–Kier alpha value is -3.93. The van der Waals surface area contributed by atoms with Gasteiger partial charge < -0.3 is 14.6 Å². The molecule has 0 N–H and O–H groups in total. The van der Waals surface area contributed by atoms with Crippen LogP contribution in [0.1, 0.15) is 36.6 Å². The number of imide groups is 1. The summed E-state index contributed by atoms with van der Waals surface area (Å²) in [5.74, 6) is -1.66. The molecule has 0 radical (unpaired) electrons. The number of benzene rings is 3. The zero-order chi connectivity index (χ0) is 19.8. The Morgan fingerprint density at radius 3 is 2.21 bits per heavy atom. The minimum atomic E-state index is -1.46. The molecule has 1 aliphatic rings. The van der Waals surface area contributed by atoms with E-state index in [2.05, 4.69) is 0 Å². The number of nitrogens with zero attached hydrogens (tertiary/aromatic N) is 1. The molecule has 138 valence electrons. The molecule has 0 fully saturated rings. The number of ether oxygens (including phenoxy) is 1. The molecule has 28 heavy (non-hydrogen) atoms. The third kappa shape index (κ3) is 2.91. The summed E-state index contributed by atoms with van der Waals surface area (Å²) in [6, 6.07) is 17.7. The molecule has 0 saturated heterocycles. The number of hydrogen-bond donors (Lipinski definition) is 0. The van der Waals surface area contributed by atoms with Crippen molar-refractivity contribution in [2.45, 2.75) is 6.92 Å². The van der Waals surface area contributed by atoms with Crippen LogP contribution in [0, 0.1) is 6.92 Å². The highest BCUT2D eigenvalue weighted by Crippen LogP contribution is 2.33. The lowest BCUT2D eigenvalue weighted by Crippen LogP contribution is -2.33. The number of para-hydroxylation sites is 1. The molecule has 2 amide bonds. The second kappa shape index (κ2) is 6.66. The third-order valence-corrected chi connectivity index (χ3v) is 4.48. The lowest BCUT2D eigenvalue weighted by molar-refractivity contribution is -0.254. The Morgan fingerprint density at radius 1 is 0.857 bits per heavy atom. The molecule has 0 spiro atoms. The molecule has 1 aliphatic heterocycles. The standard InChI is InChI=1S/C22H15NO5/c1-13-6-8-14(9-7-13)28-15-10-11-16-18(12-15)21(25)23(20(16)24)19-5-3-2-4-17(19)22(26)27/h2-12H,1H3,(H,26,27)/p-1. The SMILES string of the molecule is Cc1ccc(Oc2ccc3c(c2)C(=O)N(c2ccccc2C(=O)[O-])C3=O)cc1. The summed E-state index contributed by atoms with van der Waals surface area (Å²) in [6.45, 7) is 1.96. The Balaban J connectivity index is 1.70. The molecule has 0 atom stereocenters. The lowest BCUT2D eigenvalue weighted by Gasteiger charge is -2.18. The van der Waals surface area contributed by atoms with Crippen LogP contribution >= 0.6 is 0 Å². The molecule has 0 aliphatic carbocycles. The van der Waals surface area contributed by atoms with Gasteiger partial charge in [-0.2, -0.15) is 0 Å². The van der Waals surface area contributed by atoms with E-state index in [0.29, 0.717) is 11.5 Å². The smallest absolute Gasteiger partial charge is 0.266 e. The van der Waals surface area contributed by atoms with E-state index in [0.717, 1.165) is 10.5 Å². The number of carbonyl (C=O) groups excluding carboxylic acids is 3. The maximum absolute atomic E-state index is 12.9. The van der Waals surface area contributed by atoms with E-state index in [9.17, 15) is 19.5 Å². The minimum absolute atomic E-state index is 0.0188. The first-order chi connectivity index (χ1) is 13.5. The molecular formula is C22H14NO5-. The van der Waals surface area contributed by atoms with Crippen LogP contribution in [-0.4, -0.2) is 17.8 Å². The molecule has 3 aromatic carbocycles. The summed E-state index contributed by atoms with van der Waals surface area (Å²) in [5, 5.41) is 11.4. The zero-order valence-electron chi connectivity index (χ0n) is 14.8.